The predicted octanol–water partition coefficient (Wildman–Crippen LogP) is 3.81. The minimum atomic E-state index is 0.0121. The maximum atomic E-state index is 8.39. The van der Waals surface area contributed by atoms with E-state index in [-0.39, 0.29) is 18.1 Å². The summed E-state index contributed by atoms with van der Waals surface area (Å²) in [5.74, 6) is 0.749. The van der Waals surface area contributed by atoms with Gasteiger partial charge in [-0.15, -0.1) is 0 Å². The molecule has 0 rings (SSSR count). The molecule has 0 aliphatic carbocycles. The van der Waals surface area contributed by atoms with Crippen molar-refractivity contribution in [2.24, 2.45) is 17.0 Å². The van der Waals surface area contributed by atoms with Crippen molar-refractivity contribution in [1.82, 2.24) is 0 Å². The molecule has 124 valence electrons. The van der Waals surface area contributed by atoms with E-state index >= 15 is 0 Å². The van der Waals surface area contributed by atoms with Gasteiger partial charge in [-0.1, -0.05) is 25.9 Å². The summed E-state index contributed by atoms with van der Waals surface area (Å²) in [7, 11) is 0. The first-order valence-electron chi connectivity index (χ1n) is 7.84. The van der Waals surface area contributed by atoms with Crippen LogP contribution in [-0.4, -0.2) is 45.2 Å². The average Bonchev–Trinajstić information content (AvgIpc) is 2.46. The van der Waals surface area contributed by atoms with Crippen LogP contribution in [0.4, 0.5) is 0 Å². The number of rotatable bonds is 13. The van der Waals surface area contributed by atoms with Crippen LogP contribution in [0, 0.1) is 11.8 Å². The van der Waals surface area contributed by atoms with Crippen LogP contribution >= 0.6 is 0 Å². The molecule has 0 saturated heterocycles. The molecule has 0 heterocycles. The van der Waals surface area contributed by atoms with E-state index in [9.17, 15) is 0 Å². The molecule has 0 aromatic carbocycles. The van der Waals surface area contributed by atoms with Crippen LogP contribution in [0.15, 0.2) is 5.11 Å². The van der Waals surface area contributed by atoms with Crippen molar-refractivity contribution < 1.29 is 14.2 Å². The van der Waals surface area contributed by atoms with Gasteiger partial charge < -0.3 is 14.2 Å². The summed E-state index contributed by atoms with van der Waals surface area (Å²) in [6, 6.07) is 0. The Morgan fingerprint density at radius 2 is 1.81 bits per heavy atom. The third-order valence-corrected chi connectivity index (χ3v) is 3.36. The van der Waals surface area contributed by atoms with Crippen molar-refractivity contribution in [3.05, 3.63) is 10.4 Å². The average molecular weight is 301 g/mol. The van der Waals surface area contributed by atoms with E-state index in [1.807, 2.05) is 6.92 Å². The van der Waals surface area contributed by atoms with E-state index in [0.717, 1.165) is 6.61 Å². The van der Waals surface area contributed by atoms with Gasteiger partial charge in [-0.25, -0.2) is 0 Å². The van der Waals surface area contributed by atoms with Gasteiger partial charge in [0.2, 0.25) is 0 Å². The molecule has 3 atom stereocenters. The summed E-state index contributed by atoms with van der Waals surface area (Å²) in [6.07, 6.45) is 0.820. The number of hydrogen-bond acceptors (Lipinski definition) is 4. The molecule has 0 spiro atoms. The van der Waals surface area contributed by atoms with Crippen molar-refractivity contribution in [3.8, 4) is 0 Å². The standard InChI is InChI=1S/C15H31N3O3/c1-6-19-9-10-20-15(7-8-17-18-16)13(4)14(5)21-11-12(2)3/h12-15H,6-11H2,1-5H3. The molecule has 6 heteroatoms. The summed E-state index contributed by atoms with van der Waals surface area (Å²) >= 11 is 0. The molecule has 0 aromatic heterocycles. The van der Waals surface area contributed by atoms with Crippen LogP contribution in [0.2, 0.25) is 0 Å². The Balaban J connectivity index is 4.33. The normalized spacial score (nSPS) is 15.5. The molecule has 0 bridgehead atoms. The number of nitrogens with zero attached hydrogens (tertiary/aromatic N) is 3. The zero-order valence-electron chi connectivity index (χ0n) is 14.1. The zero-order valence-corrected chi connectivity index (χ0v) is 14.1. The fourth-order valence-electron chi connectivity index (χ4n) is 1.93. The van der Waals surface area contributed by atoms with Crippen molar-refractivity contribution in [2.75, 3.05) is 33.0 Å². The summed E-state index contributed by atoms with van der Waals surface area (Å²) in [5.41, 5.74) is 8.39. The van der Waals surface area contributed by atoms with Gasteiger partial charge in [-0.2, -0.15) is 0 Å². The Kier molecular flexibility index (Phi) is 12.4. The molecule has 0 fully saturated rings. The molecule has 0 N–H and O–H groups in total. The monoisotopic (exact) mass is 301 g/mol. The van der Waals surface area contributed by atoms with Gasteiger partial charge >= 0.3 is 0 Å². The Morgan fingerprint density at radius 3 is 2.38 bits per heavy atom. The first-order valence-corrected chi connectivity index (χ1v) is 7.84. The zero-order chi connectivity index (χ0) is 16.1. The van der Waals surface area contributed by atoms with E-state index in [4.69, 9.17) is 19.7 Å². The van der Waals surface area contributed by atoms with E-state index in [1.165, 1.54) is 0 Å². The Hall–Kier alpha value is -0.810. The van der Waals surface area contributed by atoms with E-state index < -0.39 is 0 Å². The van der Waals surface area contributed by atoms with Gasteiger partial charge in [-0.05, 0) is 31.7 Å². The van der Waals surface area contributed by atoms with E-state index in [2.05, 4.69) is 37.7 Å². The molecule has 3 unspecified atom stereocenters. The van der Waals surface area contributed by atoms with Crippen LogP contribution < -0.4 is 0 Å². The molecular weight excluding hydrogens is 270 g/mol. The van der Waals surface area contributed by atoms with Crippen LogP contribution in [0.25, 0.3) is 10.4 Å². The van der Waals surface area contributed by atoms with Crippen molar-refractivity contribution in [3.63, 3.8) is 0 Å². The minimum absolute atomic E-state index is 0.0121. The second-order valence-corrected chi connectivity index (χ2v) is 5.64. The lowest BCUT2D eigenvalue weighted by Gasteiger charge is -2.29. The predicted molar refractivity (Wildman–Crippen MR) is 84.3 cm³/mol. The number of azide groups is 1. The largest absolute Gasteiger partial charge is 0.379 e. The molecule has 0 aliphatic heterocycles. The maximum absolute atomic E-state index is 8.39. The third-order valence-electron chi connectivity index (χ3n) is 3.36. The van der Waals surface area contributed by atoms with E-state index in [0.29, 0.717) is 38.7 Å². The molecular formula is C15H31N3O3. The Bertz CT molecular complexity index is 294. The quantitative estimate of drug-likeness (QED) is 0.225. The topological polar surface area (TPSA) is 76.5 Å². The smallest absolute Gasteiger partial charge is 0.0704 e. The molecule has 0 radical (unpaired) electrons. The summed E-state index contributed by atoms with van der Waals surface area (Å²) in [6.45, 7) is 13.4. The first kappa shape index (κ1) is 20.2. The Morgan fingerprint density at radius 1 is 1.10 bits per heavy atom. The highest BCUT2D eigenvalue weighted by Crippen LogP contribution is 2.19. The molecule has 0 amide bonds. The van der Waals surface area contributed by atoms with Gasteiger partial charge in [0.05, 0.1) is 25.4 Å². The van der Waals surface area contributed by atoms with Gasteiger partial charge in [0.15, 0.2) is 0 Å². The first-order chi connectivity index (χ1) is 10.0. The van der Waals surface area contributed by atoms with Crippen molar-refractivity contribution in [2.45, 2.75) is 53.2 Å². The number of ether oxygens (including phenoxy) is 3. The number of hydrogen-bond donors (Lipinski definition) is 0. The lowest BCUT2D eigenvalue weighted by molar-refractivity contribution is -0.0701. The highest BCUT2D eigenvalue weighted by Gasteiger charge is 2.24. The van der Waals surface area contributed by atoms with Crippen molar-refractivity contribution >= 4 is 0 Å². The molecule has 0 saturated carbocycles. The molecule has 0 aromatic rings. The molecule has 0 aliphatic rings. The highest BCUT2D eigenvalue weighted by atomic mass is 16.5. The van der Waals surface area contributed by atoms with Crippen LogP contribution in [0.1, 0.15) is 41.0 Å². The third kappa shape index (κ3) is 10.5. The lowest BCUT2D eigenvalue weighted by atomic mass is 9.96. The second-order valence-electron chi connectivity index (χ2n) is 5.64. The van der Waals surface area contributed by atoms with Crippen LogP contribution in [-0.2, 0) is 14.2 Å². The van der Waals surface area contributed by atoms with Gasteiger partial charge in [0, 0.05) is 30.6 Å². The summed E-state index contributed by atoms with van der Waals surface area (Å²) < 4.78 is 17.0. The second kappa shape index (κ2) is 12.9. The van der Waals surface area contributed by atoms with Gasteiger partial charge in [0.25, 0.3) is 0 Å². The Labute approximate surface area is 128 Å². The van der Waals surface area contributed by atoms with Crippen molar-refractivity contribution in [1.29, 1.82) is 0 Å². The minimum Gasteiger partial charge on any atom is -0.379 e. The summed E-state index contributed by atoms with van der Waals surface area (Å²) in [4.78, 5) is 2.79. The lowest BCUT2D eigenvalue weighted by Crippen LogP contribution is -2.34. The van der Waals surface area contributed by atoms with E-state index in [1.54, 1.807) is 0 Å². The van der Waals surface area contributed by atoms with Gasteiger partial charge in [0.1, 0.15) is 0 Å². The highest BCUT2D eigenvalue weighted by molar-refractivity contribution is 4.74. The SMILES string of the molecule is CCOCCOC(CCN=[N+]=[N-])C(C)C(C)OCC(C)C. The molecule has 6 nitrogen and oxygen atoms in total. The van der Waals surface area contributed by atoms with Gasteiger partial charge in [-0.3, -0.25) is 0 Å². The summed E-state index contributed by atoms with van der Waals surface area (Å²) in [5, 5.41) is 3.60. The fraction of sp³-hybridized carbons (Fsp3) is 1.00. The van der Waals surface area contributed by atoms with Crippen LogP contribution in [0.3, 0.4) is 0 Å². The molecule has 21 heavy (non-hydrogen) atoms. The fourth-order valence-corrected chi connectivity index (χ4v) is 1.93. The maximum Gasteiger partial charge on any atom is 0.0704 e. The van der Waals surface area contributed by atoms with Crippen LogP contribution in [0.5, 0.6) is 0 Å².